The Kier molecular flexibility index (Phi) is 3.06. The Labute approximate surface area is 117 Å². The maximum Gasteiger partial charge on any atom is 0.270 e. The van der Waals surface area contributed by atoms with Gasteiger partial charge in [0.1, 0.15) is 5.82 Å². The molecule has 0 spiro atoms. The molecule has 0 atom stereocenters. The molecule has 3 rings (SSSR count). The van der Waals surface area contributed by atoms with Crippen LogP contribution < -0.4 is 0 Å². The molecular weight excluding hydrogens is 312 g/mol. The van der Waals surface area contributed by atoms with Gasteiger partial charge in [0.15, 0.2) is 5.82 Å². The third-order valence-electron chi connectivity index (χ3n) is 3.11. The predicted octanol–water partition coefficient (Wildman–Crippen LogP) is 3.08. The Bertz CT molecular complexity index is 636. The van der Waals surface area contributed by atoms with Crippen molar-refractivity contribution in [3.63, 3.8) is 0 Å². The zero-order valence-electron chi connectivity index (χ0n) is 9.99. The van der Waals surface area contributed by atoms with Gasteiger partial charge in [-0.25, -0.2) is 0 Å². The van der Waals surface area contributed by atoms with Crippen LogP contribution in [0.3, 0.4) is 0 Å². The van der Waals surface area contributed by atoms with Crippen LogP contribution in [0.2, 0.25) is 0 Å². The van der Waals surface area contributed by atoms with E-state index in [1.165, 1.54) is 6.07 Å². The lowest BCUT2D eigenvalue weighted by atomic mass is 10.2. The molecule has 0 bridgehead atoms. The third-order valence-corrected chi connectivity index (χ3v) is 3.61. The van der Waals surface area contributed by atoms with Crippen molar-refractivity contribution in [2.75, 3.05) is 0 Å². The predicted molar refractivity (Wildman–Crippen MR) is 73.0 cm³/mol. The topological polar surface area (TPSA) is 73.8 Å². The fraction of sp³-hybridized carbons (Fsp3) is 0.333. The van der Waals surface area contributed by atoms with Crippen molar-refractivity contribution in [1.29, 1.82) is 0 Å². The fourth-order valence-corrected chi connectivity index (χ4v) is 2.47. The quantitative estimate of drug-likeness (QED) is 0.492. The second kappa shape index (κ2) is 4.73. The van der Waals surface area contributed by atoms with Crippen LogP contribution in [0.15, 0.2) is 24.3 Å². The first-order valence-corrected chi connectivity index (χ1v) is 7.07. The summed E-state index contributed by atoms with van der Waals surface area (Å²) in [5.74, 6) is 1.57. The zero-order chi connectivity index (χ0) is 13.4. The minimum absolute atomic E-state index is 0.0724. The number of non-ortho nitro benzene ring substituents is 1. The van der Waals surface area contributed by atoms with Crippen LogP contribution in [-0.4, -0.2) is 19.7 Å². The van der Waals surface area contributed by atoms with Crippen molar-refractivity contribution in [1.82, 2.24) is 14.8 Å². The van der Waals surface area contributed by atoms with Gasteiger partial charge in [0.05, 0.1) is 10.3 Å². The molecule has 2 aromatic rings. The molecule has 0 N–H and O–H groups in total. The second-order valence-corrected chi connectivity index (χ2v) is 5.04. The average molecular weight is 323 g/mol. The number of alkyl halides is 1. The Morgan fingerprint density at radius 2 is 2.21 bits per heavy atom. The molecule has 1 aromatic carbocycles. The summed E-state index contributed by atoms with van der Waals surface area (Å²) in [5, 5.41) is 19.8. The molecule has 98 valence electrons. The maximum absolute atomic E-state index is 10.8. The molecule has 1 aliphatic rings. The van der Waals surface area contributed by atoms with Gasteiger partial charge in [0.25, 0.3) is 5.69 Å². The number of rotatable bonds is 4. The minimum Gasteiger partial charge on any atom is -0.307 e. The zero-order valence-corrected chi connectivity index (χ0v) is 11.6. The molecule has 0 amide bonds. The van der Waals surface area contributed by atoms with E-state index < -0.39 is 4.92 Å². The molecule has 0 aliphatic heterocycles. The summed E-state index contributed by atoms with van der Waals surface area (Å²) in [6.07, 6.45) is 2.22. The Balaban J connectivity index is 2.09. The van der Waals surface area contributed by atoms with E-state index in [9.17, 15) is 10.1 Å². The van der Waals surface area contributed by atoms with E-state index in [0.717, 1.165) is 24.2 Å². The largest absolute Gasteiger partial charge is 0.307 e. The number of aromatic nitrogens is 3. The van der Waals surface area contributed by atoms with Crippen molar-refractivity contribution in [3.8, 4) is 11.4 Å². The summed E-state index contributed by atoms with van der Waals surface area (Å²) in [6.45, 7) is 0. The third kappa shape index (κ3) is 2.25. The number of benzene rings is 1. The summed E-state index contributed by atoms with van der Waals surface area (Å²) in [5.41, 5.74) is 0.809. The van der Waals surface area contributed by atoms with Gasteiger partial charge in [0.2, 0.25) is 0 Å². The van der Waals surface area contributed by atoms with Crippen LogP contribution in [0.25, 0.3) is 11.4 Å². The molecule has 1 saturated carbocycles. The van der Waals surface area contributed by atoms with Crippen molar-refractivity contribution in [3.05, 3.63) is 40.2 Å². The molecule has 0 unspecified atom stereocenters. The van der Waals surface area contributed by atoms with Gasteiger partial charge in [-0.15, -0.1) is 10.2 Å². The fourth-order valence-electron chi connectivity index (χ4n) is 2.09. The van der Waals surface area contributed by atoms with Crippen molar-refractivity contribution >= 4 is 21.6 Å². The van der Waals surface area contributed by atoms with Crippen molar-refractivity contribution < 1.29 is 4.92 Å². The van der Waals surface area contributed by atoms with Gasteiger partial charge < -0.3 is 4.57 Å². The summed E-state index contributed by atoms with van der Waals surface area (Å²) in [4.78, 5) is 10.4. The van der Waals surface area contributed by atoms with Crippen molar-refractivity contribution in [2.45, 2.75) is 24.2 Å². The number of nitro benzene ring substituents is 1. The van der Waals surface area contributed by atoms with E-state index in [-0.39, 0.29) is 5.69 Å². The summed E-state index contributed by atoms with van der Waals surface area (Å²) >= 11 is 3.40. The first kappa shape index (κ1) is 12.3. The number of hydrogen-bond donors (Lipinski definition) is 0. The van der Waals surface area contributed by atoms with E-state index in [1.54, 1.807) is 12.1 Å². The highest BCUT2D eigenvalue weighted by Crippen LogP contribution is 2.39. The van der Waals surface area contributed by atoms with Crippen LogP contribution in [0.1, 0.15) is 24.7 Å². The normalized spacial score (nSPS) is 14.6. The molecule has 1 fully saturated rings. The van der Waals surface area contributed by atoms with E-state index in [0.29, 0.717) is 17.2 Å². The average Bonchev–Trinajstić information content (AvgIpc) is 3.17. The van der Waals surface area contributed by atoms with Crippen LogP contribution >= 0.6 is 15.9 Å². The van der Waals surface area contributed by atoms with E-state index in [2.05, 4.69) is 30.7 Å². The highest BCUT2D eigenvalue weighted by molar-refractivity contribution is 9.08. The summed E-state index contributed by atoms with van der Waals surface area (Å²) in [7, 11) is 0. The first-order valence-electron chi connectivity index (χ1n) is 5.95. The van der Waals surface area contributed by atoms with Gasteiger partial charge in [-0.3, -0.25) is 10.1 Å². The highest BCUT2D eigenvalue weighted by atomic mass is 79.9. The lowest BCUT2D eigenvalue weighted by Crippen LogP contribution is -2.02. The first-order chi connectivity index (χ1) is 9.20. The molecule has 0 saturated heterocycles. The molecule has 1 aromatic heterocycles. The summed E-state index contributed by atoms with van der Waals surface area (Å²) < 4.78 is 2.08. The highest BCUT2D eigenvalue weighted by Gasteiger charge is 2.29. The molecule has 1 heterocycles. The monoisotopic (exact) mass is 322 g/mol. The summed E-state index contributed by atoms with van der Waals surface area (Å²) in [6, 6.07) is 6.95. The Morgan fingerprint density at radius 1 is 1.42 bits per heavy atom. The lowest BCUT2D eigenvalue weighted by Gasteiger charge is -2.07. The van der Waals surface area contributed by atoms with Crippen molar-refractivity contribution in [2.24, 2.45) is 0 Å². The van der Waals surface area contributed by atoms with Gasteiger partial charge in [-0.05, 0) is 12.8 Å². The molecule has 0 radical (unpaired) electrons. The number of halogens is 1. The molecule has 1 aliphatic carbocycles. The number of hydrogen-bond acceptors (Lipinski definition) is 4. The van der Waals surface area contributed by atoms with Gasteiger partial charge in [-0.2, -0.15) is 0 Å². The number of nitro groups is 1. The lowest BCUT2D eigenvalue weighted by molar-refractivity contribution is -0.384. The second-order valence-electron chi connectivity index (χ2n) is 4.48. The van der Waals surface area contributed by atoms with E-state index in [1.807, 2.05) is 6.07 Å². The van der Waals surface area contributed by atoms with Gasteiger partial charge >= 0.3 is 0 Å². The molecule has 7 heteroatoms. The standard InChI is InChI=1S/C12H11BrN4O2/c13-7-11-14-15-12(16(11)9-4-5-9)8-2-1-3-10(6-8)17(18)19/h1-3,6,9H,4-5,7H2. The maximum atomic E-state index is 10.8. The smallest absolute Gasteiger partial charge is 0.270 e. The van der Waals surface area contributed by atoms with Crippen LogP contribution in [-0.2, 0) is 5.33 Å². The molecular formula is C12H11BrN4O2. The SMILES string of the molecule is O=[N+]([O-])c1cccc(-c2nnc(CBr)n2C2CC2)c1. The molecule has 6 nitrogen and oxygen atoms in total. The van der Waals surface area contributed by atoms with Crippen LogP contribution in [0, 0.1) is 10.1 Å². The van der Waals surface area contributed by atoms with Gasteiger partial charge in [-0.1, -0.05) is 28.1 Å². The van der Waals surface area contributed by atoms with Crippen LogP contribution in [0.5, 0.6) is 0 Å². The Hall–Kier alpha value is -1.76. The number of nitrogens with zero attached hydrogens (tertiary/aromatic N) is 4. The van der Waals surface area contributed by atoms with Crippen LogP contribution in [0.4, 0.5) is 5.69 Å². The Morgan fingerprint density at radius 3 is 2.84 bits per heavy atom. The molecule has 19 heavy (non-hydrogen) atoms. The van der Waals surface area contributed by atoms with E-state index in [4.69, 9.17) is 0 Å². The van der Waals surface area contributed by atoms with E-state index >= 15 is 0 Å². The minimum atomic E-state index is -0.396. The van der Waals surface area contributed by atoms with Gasteiger partial charge in [0, 0.05) is 23.7 Å².